The molecule has 0 amide bonds. The summed E-state index contributed by atoms with van der Waals surface area (Å²) in [6.07, 6.45) is 0. The maximum absolute atomic E-state index is 5.37. The second kappa shape index (κ2) is 5.67. The summed E-state index contributed by atoms with van der Waals surface area (Å²) >= 11 is 0. The van der Waals surface area contributed by atoms with Gasteiger partial charge in [0.1, 0.15) is 5.82 Å². The lowest BCUT2D eigenvalue weighted by molar-refractivity contribution is 0.0806. The molecular weight excluding hydrogens is 206 g/mol. The molecule has 1 unspecified atom stereocenters. The standard InChI is InChI=1S/C11H17N3O2/c1-15-11-4-2-3-10(14-11)13-7-9-8-16-6-5-12-9/h2-4,9,12H,5-8H2,1H3,(H,13,14). The van der Waals surface area contributed by atoms with E-state index in [4.69, 9.17) is 9.47 Å². The molecule has 1 fully saturated rings. The Bertz CT molecular complexity index is 327. The Labute approximate surface area is 95.2 Å². The van der Waals surface area contributed by atoms with Gasteiger partial charge in [-0.2, -0.15) is 4.98 Å². The topological polar surface area (TPSA) is 55.4 Å². The fraction of sp³-hybridized carbons (Fsp3) is 0.545. The molecule has 2 N–H and O–H groups in total. The molecule has 2 heterocycles. The first kappa shape index (κ1) is 11.2. The molecule has 0 spiro atoms. The molecule has 5 nitrogen and oxygen atoms in total. The summed E-state index contributed by atoms with van der Waals surface area (Å²) in [6.45, 7) is 3.27. The normalized spacial score (nSPS) is 20.4. The minimum absolute atomic E-state index is 0.349. The molecule has 1 saturated heterocycles. The van der Waals surface area contributed by atoms with E-state index in [1.54, 1.807) is 7.11 Å². The van der Waals surface area contributed by atoms with Gasteiger partial charge in [-0.3, -0.25) is 0 Å². The number of morpholine rings is 1. The van der Waals surface area contributed by atoms with Gasteiger partial charge in [-0.25, -0.2) is 0 Å². The zero-order valence-electron chi connectivity index (χ0n) is 9.40. The quantitative estimate of drug-likeness (QED) is 0.778. The highest BCUT2D eigenvalue weighted by molar-refractivity contribution is 5.37. The Morgan fingerprint density at radius 2 is 2.56 bits per heavy atom. The van der Waals surface area contributed by atoms with Crippen LogP contribution in [0.15, 0.2) is 18.2 Å². The molecule has 0 saturated carbocycles. The van der Waals surface area contributed by atoms with Gasteiger partial charge in [0.2, 0.25) is 5.88 Å². The van der Waals surface area contributed by atoms with Crippen molar-refractivity contribution in [1.29, 1.82) is 0 Å². The minimum atomic E-state index is 0.349. The van der Waals surface area contributed by atoms with E-state index in [1.165, 1.54) is 0 Å². The van der Waals surface area contributed by atoms with Crippen molar-refractivity contribution >= 4 is 5.82 Å². The number of pyridine rings is 1. The van der Waals surface area contributed by atoms with Gasteiger partial charge >= 0.3 is 0 Å². The van der Waals surface area contributed by atoms with Crippen molar-refractivity contribution in [2.75, 3.05) is 38.7 Å². The molecular formula is C11H17N3O2. The average molecular weight is 223 g/mol. The largest absolute Gasteiger partial charge is 0.481 e. The molecule has 0 radical (unpaired) electrons. The number of nitrogens with zero attached hydrogens (tertiary/aromatic N) is 1. The van der Waals surface area contributed by atoms with Crippen molar-refractivity contribution in [3.8, 4) is 5.88 Å². The van der Waals surface area contributed by atoms with Crippen molar-refractivity contribution in [1.82, 2.24) is 10.3 Å². The second-order valence-corrected chi connectivity index (χ2v) is 3.67. The number of nitrogens with one attached hydrogen (secondary N) is 2. The van der Waals surface area contributed by atoms with Gasteiger partial charge in [0.25, 0.3) is 0 Å². The first-order valence-electron chi connectivity index (χ1n) is 5.44. The van der Waals surface area contributed by atoms with Gasteiger partial charge in [-0.15, -0.1) is 0 Å². The summed E-state index contributed by atoms with van der Waals surface area (Å²) in [7, 11) is 1.61. The lowest BCUT2D eigenvalue weighted by atomic mass is 10.3. The van der Waals surface area contributed by atoms with E-state index in [0.29, 0.717) is 11.9 Å². The van der Waals surface area contributed by atoms with Crippen molar-refractivity contribution in [2.24, 2.45) is 0 Å². The van der Waals surface area contributed by atoms with Crippen LogP contribution in [0.25, 0.3) is 0 Å². The zero-order chi connectivity index (χ0) is 11.2. The van der Waals surface area contributed by atoms with E-state index in [2.05, 4.69) is 15.6 Å². The second-order valence-electron chi connectivity index (χ2n) is 3.67. The van der Waals surface area contributed by atoms with Gasteiger partial charge in [0.15, 0.2) is 0 Å². The van der Waals surface area contributed by atoms with Crippen molar-refractivity contribution in [2.45, 2.75) is 6.04 Å². The van der Waals surface area contributed by atoms with Crippen LogP contribution in [0.4, 0.5) is 5.82 Å². The van der Waals surface area contributed by atoms with E-state index in [0.717, 1.165) is 32.1 Å². The van der Waals surface area contributed by atoms with Crippen LogP contribution < -0.4 is 15.4 Å². The summed E-state index contributed by atoms with van der Waals surface area (Å²) in [6, 6.07) is 6.01. The van der Waals surface area contributed by atoms with E-state index < -0.39 is 0 Å². The predicted octanol–water partition coefficient (Wildman–Crippen LogP) is 0.490. The summed E-state index contributed by atoms with van der Waals surface area (Å²) < 4.78 is 10.4. The third-order valence-electron chi connectivity index (χ3n) is 2.46. The Balaban J connectivity index is 1.83. The monoisotopic (exact) mass is 223 g/mol. The summed E-state index contributed by atoms with van der Waals surface area (Å²) in [4.78, 5) is 4.27. The molecule has 0 bridgehead atoms. The maximum atomic E-state index is 5.37. The van der Waals surface area contributed by atoms with Crippen LogP contribution in [0.1, 0.15) is 0 Å². The lowest BCUT2D eigenvalue weighted by Gasteiger charge is -2.24. The third kappa shape index (κ3) is 3.08. The number of hydrogen-bond acceptors (Lipinski definition) is 5. The van der Waals surface area contributed by atoms with Crippen LogP contribution >= 0.6 is 0 Å². The SMILES string of the molecule is COc1cccc(NCC2COCCN2)n1. The van der Waals surface area contributed by atoms with E-state index >= 15 is 0 Å². The number of methoxy groups -OCH3 is 1. The Hall–Kier alpha value is -1.33. The van der Waals surface area contributed by atoms with Crippen LogP contribution in [-0.4, -0.2) is 44.4 Å². The van der Waals surface area contributed by atoms with Crippen LogP contribution in [-0.2, 0) is 4.74 Å². The van der Waals surface area contributed by atoms with Crippen LogP contribution in [0.2, 0.25) is 0 Å². The van der Waals surface area contributed by atoms with Gasteiger partial charge in [-0.05, 0) is 6.07 Å². The molecule has 0 aliphatic carbocycles. The maximum Gasteiger partial charge on any atom is 0.214 e. The third-order valence-corrected chi connectivity index (χ3v) is 2.46. The summed E-state index contributed by atoms with van der Waals surface area (Å²) in [5.41, 5.74) is 0. The lowest BCUT2D eigenvalue weighted by Crippen LogP contribution is -2.45. The Morgan fingerprint density at radius 3 is 3.31 bits per heavy atom. The summed E-state index contributed by atoms with van der Waals surface area (Å²) in [5, 5.41) is 6.63. The number of hydrogen-bond donors (Lipinski definition) is 2. The molecule has 1 aromatic rings. The highest BCUT2D eigenvalue weighted by atomic mass is 16.5. The molecule has 0 aromatic carbocycles. The first-order chi connectivity index (χ1) is 7.88. The average Bonchev–Trinajstić information content (AvgIpc) is 2.38. The van der Waals surface area contributed by atoms with Crippen LogP contribution in [0.3, 0.4) is 0 Å². The number of rotatable bonds is 4. The van der Waals surface area contributed by atoms with E-state index in [-0.39, 0.29) is 0 Å². The molecule has 88 valence electrons. The molecule has 2 rings (SSSR count). The smallest absolute Gasteiger partial charge is 0.214 e. The number of anilines is 1. The Kier molecular flexibility index (Phi) is 3.96. The minimum Gasteiger partial charge on any atom is -0.481 e. The molecule has 1 atom stereocenters. The van der Waals surface area contributed by atoms with Crippen LogP contribution in [0.5, 0.6) is 5.88 Å². The van der Waals surface area contributed by atoms with Crippen molar-refractivity contribution in [3.05, 3.63) is 18.2 Å². The van der Waals surface area contributed by atoms with E-state index in [9.17, 15) is 0 Å². The van der Waals surface area contributed by atoms with Gasteiger partial charge in [-0.1, -0.05) is 6.07 Å². The highest BCUT2D eigenvalue weighted by Crippen LogP contribution is 2.10. The van der Waals surface area contributed by atoms with Gasteiger partial charge < -0.3 is 20.1 Å². The van der Waals surface area contributed by atoms with Crippen molar-refractivity contribution < 1.29 is 9.47 Å². The Morgan fingerprint density at radius 1 is 1.62 bits per heavy atom. The molecule has 1 aromatic heterocycles. The number of aromatic nitrogens is 1. The first-order valence-corrected chi connectivity index (χ1v) is 5.44. The predicted molar refractivity (Wildman–Crippen MR) is 61.9 cm³/mol. The van der Waals surface area contributed by atoms with Crippen LogP contribution in [0, 0.1) is 0 Å². The number of ether oxygens (including phenoxy) is 2. The molecule has 16 heavy (non-hydrogen) atoms. The van der Waals surface area contributed by atoms with E-state index in [1.807, 2.05) is 18.2 Å². The highest BCUT2D eigenvalue weighted by Gasteiger charge is 2.12. The summed E-state index contributed by atoms with van der Waals surface area (Å²) in [5.74, 6) is 1.45. The van der Waals surface area contributed by atoms with Crippen molar-refractivity contribution in [3.63, 3.8) is 0 Å². The molecule has 1 aliphatic heterocycles. The fourth-order valence-electron chi connectivity index (χ4n) is 1.61. The zero-order valence-corrected chi connectivity index (χ0v) is 9.40. The van der Waals surface area contributed by atoms with Gasteiger partial charge in [0.05, 0.1) is 20.3 Å². The van der Waals surface area contributed by atoms with Gasteiger partial charge in [0, 0.05) is 25.2 Å². The molecule has 1 aliphatic rings. The fourth-order valence-corrected chi connectivity index (χ4v) is 1.61. The molecule has 5 heteroatoms.